The molecule has 0 bridgehead atoms. The third-order valence-corrected chi connectivity index (χ3v) is 7.07. The second kappa shape index (κ2) is 10.3. The van der Waals surface area contributed by atoms with E-state index in [0.29, 0.717) is 49.4 Å². The van der Waals surface area contributed by atoms with Crippen molar-refractivity contribution >= 4 is 55.5 Å². The molecule has 0 saturated carbocycles. The molecule has 0 aliphatic heterocycles. The Balaban J connectivity index is 1.27. The smallest absolute Gasteiger partial charge is 0.259 e. The topological polar surface area (TPSA) is 121 Å². The third kappa shape index (κ3) is 4.93. The summed E-state index contributed by atoms with van der Waals surface area (Å²) in [5, 5.41) is 4.50. The molecule has 0 unspecified atom stereocenters. The molecule has 6 aromatic rings. The zero-order valence-corrected chi connectivity index (χ0v) is 23.0. The Morgan fingerprint density at radius 1 is 1.00 bits per heavy atom. The largest absolute Gasteiger partial charge is 0.494 e. The standard InChI is InChI=1S/C28H19ClN8O2S/c1-15-10-19(20-11-23(29)31-14-22(20)39-3)21(13-30-15)26(38)36-28-35-24-27(40-28)34-18(12-32-24)7-6-17-5-4-16-8-9-37(2)25(16)33-17/h4-5,8-14H,1-3H3,(H,32,35,36,38). The van der Waals surface area contributed by atoms with Crippen molar-refractivity contribution < 1.29 is 9.53 Å². The highest BCUT2D eigenvalue weighted by Crippen LogP contribution is 2.34. The van der Waals surface area contributed by atoms with E-state index in [4.69, 9.17) is 16.3 Å². The summed E-state index contributed by atoms with van der Waals surface area (Å²) in [4.78, 5) is 40.2. The second-order valence-electron chi connectivity index (χ2n) is 8.72. The van der Waals surface area contributed by atoms with Crippen LogP contribution in [0.15, 0.2) is 55.1 Å². The van der Waals surface area contributed by atoms with Gasteiger partial charge in [-0.1, -0.05) is 22.9 Å². The number of aromatic nitrogens is 7. The molecule has 1 amide bonds. The molecule has 0 saturated heterocycles. The number of halogens is 1. The van der Waals surface area contributed by atoms with Gasteiger partial charge in [0.1, 0.15) is 27.9 Å². The SMILES string of the molecule is COc1cnc(Cl)cc1-c1cc(C)ncc1C(=O)Nc1nc2ncc(C#Cc3ccc4ccn(C)c4n3)nc2s1. The number of hydrogen-bond acceptors (Lipinski definition) is 9. The van der Waals surface area contributed by atoms with E-state index in [0.717, 1.165) is 16.7 Å². The Morgan fingerprint density at radius 3 is 2.70 bits per heavy atom. The van der Waals surface area contributed by atoms with Gasteiger partial charge < -0.3 is 9.30 Å². The van der Waals surface area contributed by atoms with Crippen LogP contribution in [0.1, 0.15) is 27.4 Å². The normalized spacial score (nSPS) is 10.9. The summed E-state index contributed by atoms with van der Waals surface area (Å²) >= 11 is 7.34. The zero-order chi connectivity index (χ0) is 27.8. The zero-order valence-electron chi connectivity index (χ0n) is 21.4. The molecule has 0 spiro atoms. The number of amides is 1. The predicted molar refractivity (Wildman–Crippen MR) is 154 cm³/mol. The van der Waals surface area contributed by atoms with Crippen molar-refractivity contribution in [1.82, 2.24) is 34.5 Å². The van der Waals surface area contributed by atoms with Crippen LogP contribution >= 0.6 is 22.9 Å². The second-order valence-corrected chi connectivity index (χ2v) is 10.1. The summed E-state index contributed by atoms with van der Waals surface area (Å²) in [6.07, 6.45) is 6.52. The maximum absolute atomic E-state index is 13.4. The third-order valence-electron chi connectivity index (χ3n) is 6.01. The van der Waals surface area contributed by atoms with Crippen LogP contribution in [-0.2, 0) is 7.05 Å². The van der Waals surface area contributed by atoms with Gasteiger partial charge in [0.25, 0.3) is 5.91 Å². The van der Waals surface area contributed by atoms with Crippen LogP contribution in [0.4, 0.5) is 5.13 Å². The fourth-order valence-electron chi connectivity index (χ4n) is 4.09. The van der Waals surface area contributed by atoms with Crippen LogP contribution in [0, 0.1) is 18.8 Å². The molecule has 40 heavy (non-hydrogen) atoms. The van der Waals surface area contributed by atoms with E-state index in [-0.39, 0.29) is 5.15 Å². The van der Waals surface area contributed by atoms with E-state index < -0.39 is 5.91 Å². The van der Waals surface area contributed by atoms with E-state index in [1.165, 1.54) is 30.8 Å². The van der Waals surface area contributed by atoms with Gasteiger partial charge in [-0.2, -0.15) is 4.98 Å². The maximum atomic E-state index is 13.4. The van der Waals surface area contributed by atoms with Gasteiger partial charge in [0.05, 0.1) is 25.1 Å². The van der Waals surface area contributed by atoms with Gasteiger partial charge in [-0.25, -0.2) is 19.9 Å². The van der Waals surface area contributed by atoms with Crippen molar-refractivity contribution in [3.8, 4) is 28.7 Å². The maximum Gasteiger partial charge on any atom is 0.259 e. The van der Waals surface area contributed by atoms with E-state index in [1.807, 2.05) is 42.9 Å². The molecule has 6 aromatic heterocycles. The van der Waals surface area contributed by atoms with Crippen LogP contribution in [0.3, 0.4) is 0 Å². The molecule has 6 heterocycles. The number of pyridine rings is 3. The Bertz CT molecular complexity index is 2010. The fraction of sp³-hybridized carbons (Fsp3) is 0.107. The average Bonchev–Trinajstić information content (AvgIpc) is 3.53. The summed E-state index contributed by atoms with van der Waals surface area (Å²) in [7, 11) is 3.47. The average molecular weight is 567 g/mol. The Kier molecular flexibility index (Phi) is 6.55. The molecule has 1 N–H and O–H groups in total. The number of ether oxygens (including phenoxy) is 1. The van der Waals surface area contributed by atoms with Crippen LogP contribution < -0.4 is 10.1 Å². The monoisotopic (exact) mass is 566 g/mol. The molecule has 12 heteroatoms. The van der Waals surface area contributed by atoms with E-state index in [1.54, 1.807) is 18.3 Å². The number of aryl methyl sites for hydroxylation is 2. The number of fused-ring (bicyclic) bond motifs is 2. The van der Waals surface area contributed by atoms with Crippen molar-refractivity contribution in [3.63, 3.8) is 0 Å². The van der Waals surface area contributed by atoms with Crippen molar-refractivity contribution in [2.75, 3.05) is 12.4 Å². The van der Waals surface area contributed by atoms with Gasteiger partial charge in [-0.05, 0) is 49.1 Å². The summed E-state index contributed by atoms with van der Waals surface area (Å²) in [6, 6.07) is 9.28. The molecule has 0 aliphatic rings. The van der Waals surface area contributed by atoms with Crippen LogP contribution in [-0.4, -0.2) is 47.5 Å². The number of methoxy groups -OCH3 is 1. The van der Waals surface area contributed by atoms with Crippen molar-refractivity contribution in [2.24, 2.45) is 7.05 Å². The van der Waals surface area contributed by atoms with E-state index >= 15 is 0 Å². The first-order valence-corrected chi connectivity index (χ1v) is 13.1. The lowest BCUT2D eigenvalue weighted by Crippen LogP contribution is -2.14. The molecule has 0 aromatic carbocycles. The number of carbonyl (C=O) groups is 1. The Labute approximate surface area is 237 Å². The van der Waals surface area contributed by atoms with Crippen molar-refractivity contribution in [2.45, 2.75) is 6.92 Å². The highest BCUT2D eigenvalue weighted by Gasteiger charge is 2.19. The van der Waals surface area contributed by atoms with E-state index in [2.05, 4.69) is 47.1 Å². The lowest BCUT2D eigenvalue weighted by Gasteiger charge is -2.13. The van der Waals surface area contributed by atoms with Crippen LogP contribution in [0.25, 0.3) is 32.6 Å². The number of thiazole rings is 1. The Morgan fingerprint density at radius 2 is 1.85 bits per heavy atom. The van der Waals surface area contributed by atoms with Gasteiger partial charge >= 0.3 is 0 Å². The predicted octanol–water partition coefficient (Wildman–Crippen LogP) is 5.05. The fourth-order valence-corrected chi connectivity index (χ4v) is 5.04. The van der Waals surface area contributed by atoms with Crippen molar-refractivity contribution in [3.05, 3.63) is 82.9 Å². The lowest BCUT2D eigenvalue weighted by molar-refractivity contribution is 0.102. The summed E-state index contributed by atoms with van der Waals surface area (Å²) in [5.74, 6) is 6.13. The number of rotatable bonds is 4. The summed E-state index contributed by atoms with van der Waals surface area (Å²) < 4.78 is 7.39. The van der Waals surface area contributed by atoms with Crippen molar-refractivity contribution in [1.29, 1.82) is 0 Å². The number of anilines is 1. The van der Waals surface area contributed by atoms with Gasteiger partial charge in [0.15, 0.2) is 15.6 Å². The number of hydrogen-bond donors (Lipinski definition) is 1. The van der Waals surface area contributed by atoms with Gasteiger partial charge in [-0.15, -0.1) is 0 Å². The molecule has 0 fully saturated rings. The minimum atomic E-state index is -0.404. The quantitative estimate of drug-likeness (QED) is 0.232. The number of nitrogens with one attached hydrogen (secondary N) is 1. The minimum absolute atomic E-state index is 0.273. The molecule has 0 aliphatic carbocycles. The number of carbonyl (C=O) groups excluding carboxylic acids is 1. The molecule has 0 radical (unpaired) electrons. The van der Waals surface area contributed by atoms with E-state index in [9.17, 15) is 4.79 Å². The molecule has 6 rings (SSSR count). The molecular formula is C28H19ClN8O2S. The molecular weight excluding hydrogens is 548 g/mol. The molecule has 0 atom stereocenters. The number of nitrogens with zero attached hydrogens (tertiary/aromatic N) is 7. The van der Waals surface area contributed by atoms with Crippen LogP contribution in [0.2, 0.25) is 5.15 Å². The van der Waals surface area contributed by atoms with Gasteiger partial charge in [0.2, 0.25) is 0 Å². The highest BCUT2D eigenvalue weighted by atomic mass is 35.5. The lowest BCUT2D eigenvalue weighted by atomic mass is 10.0. The highest BCUT2D eigenvalue weighted by molar-refractivity contribution is 7.21. The molecule has 196 valence electrons. The minimum Gasteiger partial charge on any atom is -0.494 e. The molecule has 10 nitrogen and oxygen atoms in total. The first-order valence-electron chi connectivity index (χ1n) is 11.9. The Hall–Kier alpha value is -4.92. The first kappa shape index (κ1) is 25.4. The summed E-state index contributed by atoms with van der Waals surface area (Å²) in [5.41, 5.74) is 4.62. The first-order chi connectivity index (χ1) is 19.4. The van der Waals surface area contributed by atoms with Gasteiger partial charge in [-0.3, -0.25) is 15.1 Å². The van der Waals surface area contributed by atoms with Crippen LogP contribution in [0.5, 0.6) is 5.75 Å². The summed E-state index contributed by atoms with van der Waals surface area (Å²) in [6.45, 7) is 1.84. The van der Waals surface area contributed by atoms with Gasteiger partial charge in [0, 0.05) is 41.6 Å².